The zero-order chi connectivity index (χ0) is 26.4. The third-order valence-corrected chi connectivity index (χ3v) is 7.43. The predicted octanol–water partition coefficient (Wildman–Crippen LogP) is 6.67. The van der Waals surface area contributed by atoms with Gasteiger partial charge in [-0.25, -0.2) is 0 Å². The average molecular weight is 537 g/mol. The topological polar surface area (TPSA) is 59.1 Å². The number of benzene rings is 2. The minimum atomic E-state index is -0.176. The number of ether oxygens (including phenoxy) is 2. The first-order valence-electron chi connectivity index (χ1n) is 12.7. The van der Waals surface area contributed by atoms with E-state index in [1.807, 2.05) is 44.2 Å². The number of nitrogens with zero attached hydrogens (tertiary/aromatic N) is 2. The summed E-state index contributed by atoms with van der Waals surface area (Å²) in [5.74, 6) is 1.22. The molecule has 6 nitrogen and oxygen atoms in total. The summed E-state index contributed by atoms with van der Waals surface area (Å²) in [4.78, 5) is 29.0. The van der Waals surface area contributed by atoms with E-state index in [-0.39, 0.29) is 18.0 Å². The van der Waals surface area contributed by atoms with Crippen molar-refractivity contribution in [3.05, 3.63) is 71.5 Å². The summed E-state index contributed by atoms with van der Waals surface area (Å²) < 4.78 is 11.8. The van der Waals surface area contributed by atoms with E-state index in [0.717, 1.165) is 48.4 Å². The van der Waals surface area contributed by atoms with Crippen molar-refractivity contribution in [3.8, 4) is 16.9 Å². The fourth-order valence-electron chi connectivity index (χ4n) is 4.25. The minimum absolute atomic E-state index is 0.0870. The molecule has 2 aromatic carbocycles. The standard InChI is InChI=1S/C29H32N2O4S2/c1-4-30-23-19-22(21-11-7-5-8-12-21)14-15-24(23)35-26(30)17-16-25-28(33)31(29(36)37-25)18-10-6-9-13-27(32)34-20(2)3/h5,7-8,11-12,14-17,19-20H,4,6,9-10,13,18H2,1-3H3. The molecule has 0 atom stereocenters. The van der Waals surface area contributed by atoms with Crippen molar-refractivity contribution in [1.82, 2.24) is 4.90 Å². The molecular formula is C29H32N2O4S2. The van der Waals surface area contributed by atoms with E-state index < -0.39 is 0 Å². The zero-order valence-electron chi connectivity index (χ0n) is 21.4. The van der Waals surface area contributed by atoms with Crippen LogP contribution in [0.4, 0.5) is 5.69 Å². The van der Waals surface area contributed by atoms with Crippen LogP contribution in [0.3, 0.4) is 0 Å². The Morgan fingerprint density at radius 1 is 1.05 bits per heavy atom. The average Bonchev–Trinajstić information content (AvgIpc) is 3.37. The number of amides is 1. The molecule has 1 fully saturated rings. The number of esters is 1. The SMILES string of the molecule is CCN1C(=CC=C2SC(=S)N(CCCCCC(=O)OC(C)C)C2=O)Oc2ccc(-c3ccccc3)cc21. The van der Waals surface area contributed by atoms with Gasteiger partial charge in [0.15, 0.2) is 5.75 Å². The van der Waals surface area contributed by atoms with E-state index in [4.69, 9.17) is 21.7 Å². The Hall–Kier alpha value is -3.10. The van der Waals surface area contributed by atoms with Gasteiger partial charge in [0.25, 0.3) is 5.91 Å². The highest BCUT2D eigenvalue weighted by Crippen LogP contribution is 2.41. The predicted molar refractivity (Wildman–Crippen MR) is 153 cm³/mol. The van der Waals surface area contributed by atoms with Crippen molar-refractivity contribution in [3.63, 3.8) is 0 Å². The summed E-state index contributed by atoms with van der Waals surface area (Å²) in [6, 6.07) is 16.4. The molecule has 0 bridgehead atoms. The molecular weight excluding hydrogens is 504 g/mol. The maximum atomic E-state index is 13.0. The van der Waals surface area contributed by atoms with Gasteiger partial charge in [-0.15, -0.1) is 0 Å². The molecule has 2 aromatic rings. The van der Waals surface area contributed by atoms with Crippen molar-refractivity contribution in [2.45, 2.75) is 52.6 Å². The van der Waals surface area contributed by atoms with Gasteiger partial charge in [-0.1, -0.05) is 66.8 Å². The number of carbonyl (C=O) groups excluding carboxylic acids is 2. The number of unbranched alkanes of at least 4 members (excludes halogenated alkanes) is 2. The van der Waals surface area contributed by atoms with Gasteiger partial charge in [-0.3, -0.25) is 14.5 Å². The Kier molecular flexibility index (Phi) is 9.05. The summed E-state index contributed by atoms with van der Waals surface area (Å²) in [7, 11) is 0. The number of fused-ring (bicyclic) bond motifs is 1. The molecule has 8 heteroatoms. The fourth-order valence-corrected chi connectivity index (χ4v) is 5.50. The van der Waals surface area contributed by atoms with Crippen LogP contribution in [0.15, 0.2) is 71.5 Å². The molecule has 194 valence electrons. The third kappa shape index (κ3) is 6.62. The highest BCUT2D eigenvalue weighted by atomic mass is 32.2. The van der Waals surface area contributed by atoms with Crippen LogP contribution in [0.2, 0.25) is 0 Å². The monoisotopic (exact) mass is 536 g/mol. The lowest BCUT2D eigenvalue weighted by Crippen LogP contribution is -2.29. The van der Waals surface area contributed by atoms with Gasteiger partial charge in [0, 0.05) is 25.6 Å². The minimum Gasteiger partial charge on any atom is -0.463 e. The summed E-state index contributed by atoms with van der Waals surface area (Å²) in [5, 5.41) is 0. The van der Waals surface area contributed by atoms with E-state index in [9.17, 15) is 9.59 Å². The molecule has 1 amide bonds. The second kappa shape index (κ2) is 12.4. The number of thiocarbonyl (C=S) groups is 1. The second-order valence-corrected chi connectivity index (χ2v) is 10.8. The van der Waals surface area contributed by atoms with Gasteiger partial charge in [-0.05, 0) is 62.9 Å². The highest BCUT2D eigenvalue weighted by Gasteiger charge is 2.32. The van der Waals surface area contributed by atoms with E-state index in [2.05, 4.69) is 36.1 Å². The summed E-state index contributed by atoms with van der Waals surface area (Å²) in [5.41, 5.74) is 3.28. The molecule has 0 N–H and O–H groups in total. The molecule has 2 aliphatic heterocycles. The molecule has 37 heavy (non-hydrogen) atoms. The Bertz CT molecular complexity index is 1220. The summed E-state index contributed by atoms with van der Waals surface area (Å²) in [6.07, 6.45) is 6.29. The van der Waals surface area contributed by atoms with Gasteiger partial charge in [0.1, 0.15) is 4.32 Å². The molecule has 0 aromatic heterocycles. The first-order valence-corrected chi connectivity index (χ1v) is 13.9. The molecule has 0 unspecified atom stereocenters. The highest BCUT2D eigenvalue weighted by molar-refractivity contribution is 8.26. The number of anilines is 1. The zero-order valence-corrected chi connectivity index (χ0v) is 23.1. The summed E-state index contributed by atoms with van der Waals surface area (Å²) >= 11 is 6.77. The van der Waals surface area contributed by atoms with Crippen molar-refractivity contribution in [1.29, 1.82) is 0 Å². The second-order valence-electron chi connectivity index (χ2n) is 9.10. The van der Waals surface area contributed by atoms with Crippen molar-refractivity contribution >= 4 is 45.9 Å². The van der Waals surface area contributed by atoms with Crippen LogP contribution < -0.4 is 9.64 Å². The van der Waals surface area contributed by atoms with Gasteiger partial charge >= 0.3 is 5.97 Å². The lowest BCUT2D eigenvalue weighted by atomic mass is 10.0. The first-order chi connectivity index (χ1) is 17.9. The molecule has 0 aliphatic carbocycles. The quantitative estimate of drug-likeness (QED) is 0.145. The molecule has 0 spiro atoms. The van der Waals surface area contributed by atoms with Crippen molar-refractivity contribution in [2.75, 3.05) is 18.0 Å². The number of rotatable bonds is 10. The normalized spacial score (nSPS) is 17.2. The van der Waals surface area contributed by atoms with Crippen molar-refractivity contribution in [2.24, 2.45) is 0 Å². The molecule has 2 aliphatic rings. The summed E-state index contributed by atoms with van der Waals surface area (Å²) in [6.45, 7) is 7.04. The molecule has 0 saturated carbocycles. The van der Waals surface area contributed by atoms with Gasteiger partial charge in [0.2, 0.25) is 5.88 Å². The van der Waals surface area contributed by atoms with Crippen LogP contribution in [-0.4, -0.2) is 40.3 Å². The number of carbonyl (C=O) groups is 2. The van der Waals surface area contributed by atoms with Crippen LogP contribution in [-0.2, 0) is 14.3 Å². The van der Waals surface area contributed by atoms with E-state index in [1.165, 1.54) is 11.8 Å². The third-order valence-electron chi connectivity index (χ3n) is 6.03. The first kappa shape index (κ1) is 26.9. The van der Waals surface area contributed by atoms with Crippen LogP contribution >= 0.6 is 24.0 Å². The number of allylic oxidation sites excluding steroid dienone is 2. The lowest BCUT2D eigenvalue weighted by Gasteiger charge is -2.16. The smallest absolute Gasteiger partial charge is 0.306 e. The Morgan fingerprint density at radius 3 is 2.57 bits per heavy atom. The van der Waals surface area contributed by atoms with Crippen LogP contribution in [0, 0.1) is 0 Å². The lowest BCUT2D eigenvalue weighted by molar-refractivity contribution is -0.147. The number of hydrogen-bond donors (Lipinski definition) is 0. The van der Waals surface area contributed by atoms with Gasteiger partial charge in [-0.2, -0.15) is 0 Å². The van der Waals surface area contributed by atoms with E-state index in [0.29, 0.717) is 28.1 Å². The van der Waals surface area contributed by atoms with Gasteiger partial charge in [0.05, 0.1) is 16.7 Å². The molecule has 2 heterocycles. The van der Waals surface area contributed by atoms with E-state index in [1.54, 1.807) is 11.0 Å². The van der Waals surface area contributed by atoms with Crippen LogP contribution in [0.25, 0.3) is 11.1 Å². The Labute approximate surface area is 228 Å². The Morgan fingerprint density at radius 2 is 1.84 bits per heavy atom. The fraction of sp³-hybridized carbons (Fsp3) is 0.345. The number of thioether (sulfide) groups is 1. The maximum Gasteiger partial charge on any atom is 0.306 e. The van der Waals surface area contributed by atoms with Crippen LogP contribution in [0.1, 0.15) is 46.5 Å². The Balaban J connectivity index is 1.37. The van der Waals surface area contributed by atoms with Crippen molar-refractivity contribution < 1.29 is 19.1 Å². The molecule has 1 saturated heterocycles. The molecule has 4 rings (SSSR count). The van der Waals surface area contributed by atoms with E-state index >= 15 is 0 Å². The van der Waals surface area contributed by atoms with Gasteiger partial charge < -0.3 is 14.4 Å². The molecule has 0 radical (unpaired) electrons. The number of hydrogen-bond acceptors (Lipinski definition) is 7. The largest absolute Gasteiger partial charge is 0.463 e. The van der Waals surface area contributed by atoms with Crippen LogP contribution in [0.5, 0.6) is 5.75 Å². The maximum absolute atomic E-state index is 13.0.